The molecule has 166 valence electrons. The summed E-state index contributed by atoms with van der Waals surface area (Å²) in [6.07, 6.45) is 0.718. The average Bonchev–Trinajstić information content (AvgIpc) is 2.77. The largest absolute Gasteiger partial charge is 0.366 e. The van der Waals surface area contributed by atoms with Gasteiger partial charge in [-0.25, -0.2) is 4.98 Å². The van der Waals surface area contributed by atoms with Crippen LogP contribution in [0.4, 0.5) is 5.69 Å². The van der Waals surface area contributed by atoms with Gasteiger partial charge < -0.3 is 16.8 Å². The van der Waals surface area contributed by atoms with E-state index in [-0.39, 0.29) is 34.2 Å². The van der Waals surface area contributed by atoms with Crippen molar-refractivity contribution in [3.05, 3.63) is 63.9 Å². The second-order valence-electron chi connectivity index (χ2n) is 7.21. The highest BCUT2D eigenvalue weighted by Gasteiger charge is 2.17. The van der Waals surface area contributed by atoms with E-state index < -0.39 is 17.7 Å². The zero-order chi connectivity index (χ0) is 23.4. The van der Waals surface area contributed by atoms with E-state index in [2.05, 4.69) is 10.3 Å². The molecule has 32 heavy (non-hydrogen) atoms. The first kappa shape index (κ1) is 23.0. The highest BCUT2D eigenvalue weighted by molar-refractivity contribution is 7.99. The molecule has 5 N–H and O–H groups in total. The number of nitrogens with one attached hydrogen (secondary N) is 1. The average molecular weight is 454 g/mol. The van der Waals surface area contributed by atoms with E-state index in [4.69, 9.17) is 11.5 Å². The Hall–Kier alpha value is -3.66. The van der Waals surface area contributed by atoms with Gasteiger partial charge in [0.2, 0.25) is 17.7 Å². The van der Waals surface area contributed by atoms with Crippen LogP contribution in [0.2, 0.25) is 0 Å². The highest BCUT2D eigenvalue weighted by atomic mass is 32.2. The molecule has 9 nitrogen and oxygen atoms in total. The predicted molar refractivity (Wildman–Crippen MR) is 124 cm³/mol. The third-order valence-corrected chi connectivity index (χ3v) is 5.88. The first-order chi connectivity index (χ1) is 15.2. The van der Waals surface area contributed by atoms with E-state index in [1.807, 2.05) is 13.8 Å². The minimum atomic E-state index is -0.754. The Bertz CT molecular complexity index is 1240. The molecule has 10 heteroatoms. The molecule has 1 aromatic heterocycles. The lowest BCUT2D eigenvalue weighted by molar-refractivity contribution is -0.113. The van der Waals surface area contributed by atoms with Gasteiger partial charge in [0.25, 0.3) is 5.56 Å². The summed E-state index contributed by atoms with van der Waals surface area (Å²) in [6, 6.07) is 10.9. The summed E-state index contributed by atoms with van der Waals surface area (Å²) in [4.78, 5) is 53.2. The molecule has 0 aliphatic heterocycles. The highest BCUT2D eigenvalue weighted by Crippen LogP contribution is 2.23. The minimum absolute atomic E-state index is 0.0473. The van der Waals surface area contributed by atoms with Crippen molar-refractivity contribution in [2.75, 3.05) is 11.1 Å². The standard InChI is InChI=1S/C22H23N5O4S/c1-3-12(2)27-21(31)16-6-4-5-7-17(16)26-22(27)32-11-18(28)25-15-9-13(19(23)29)8-14(10-15)20(24)30/h4-10,12H,3,11H2,1-2H3,(H2,23,29)(H2,24,30)(H,25,28)/t12-/m1/s1. The number of para-hydroxylation sites is 1. The number of rotatable bonds is 8. The van der Waals surface area contributed by atoms with Crippen molar-refractivity contribution >= 4 is 46.1 Å². The van der Waals surface area contributed by atoms with Crippen LogP contribution < -0.4 is 22.3 Å². The van der Waals surface area contributed by atoms with Crippen LogP contribution in [-0.4, -0.2) is 33.0 Å². The lowest BCUT2D eigenvalue weighted by Gasteiger charge is -2.18. The molecule has 0 saturated carbocycles. The van der Waals surface area contributed by atoms with Crippen molar-refractivity contribution in [1.29, 1.82) is 0 Å². The zero-order valence-electron chi connectivity index (χ0n) is 17.6. The van der Waals surface area contributed by atoms with Crippen LogP contribution in [0.5, 0.6) is 0 Å². The number of carbonyl (C=O) groups is 3. The number of benzene rings is 2. The Morgan fingerprint density at radius 3 is 2.31 bits per heavy atom. The Morgan fingerprint density at radius 1 is 1.09 bits per heavy atom. The molecule has 0 aliphatic rings. The Labute approximate surface area is 188 Å². The summed E-state index contributed by atoms with van der Waals surface area (Å²) >= 11 is 1.12. The van der Waals surface area contributed by atoms with Crippen LogP contribution >= 0.6 is 11.8 Å². The van der Waals surface area contributed by atoms with E-state index in [0.717, 1.165) is 18.2 Å². The van der Waals surface area contributed by atoms with Crippen LogP contribution in [0.25, 0.3) is 10.9 Å². The van der Waals surface area contributed by atoms with Gasteiger partial charge in [0.05, 0.1) is 16.7 Å². The SMILES string of the molecule is CC[C@@H](C)n1c(SCC(=O)Nc2cc(C(N)=O)cc(C(N)=O)c2)nc2ccccc2c1=O. The normalized spacial score (nSPS) is 11.8. The van der Waals surface area contributed by atoms with E-state index in [0.29, 0.717) is 16.1 Å². The summed E-state index contributed by atoms with van der Waals surface area (Å²) < 4.78 is 1.60. The molecule has 1 atom stereocenters. The summed E-state index contributed by atoms with van der Waals surface area (Å²) in [5.74, 6) is -1.97. The molecule has 2 aromatic carbocycles. The molecule has 3 aromatic rings. The zero-order valence-corrected chi connectivity index (χ0v) is 18.4. The van der Waals surface area contributed by atoms with Crippen molar-refractivity contribution in [2.45, 2.75) is 31.5 Å². The van der Waals surface area contributed by atoms with Gasteiger partial charge in [-0.05, 0) is 43.7 Å². The molecular weight excluding hydrogens is 430 g/mol. The van der Waals surface area contributed by atoms with Crippen molar-refractivity contribution in [2.24, 2.45) is 11.5 Å². The molecule has 0 radical (unpaired) electrons. The molecular formula is C22H23N5O4S. The van der Waals surface area contributed by atoms with E-state index in [9.17, 15) is 19.2 Å². The van der Waals surface area contributed by atoms with Crippen LogP contribution in [0.15, 0.2) is 52.4 Å². The molecule has 0 bridgehead atoms. The summed E-state index contributed by atoms with van der Waals surface area (Å²) in [6.45, 7) is 3.89. The van der Waals surface area contributed by atoms with Gasteiger partial charge in [0.15, 0.2) is 5.16 Å². The second kappa shape index (κ2) is 9.65. The van der Waals surface area contributed by atoms with Crippen molar-refractivity contribution in [3.63, 3.8) is 0 Å². The monoisotopic (exact) mass is 453 g/mol. The third kappa shape index (κ3) is 4.97. The van der Waals surface area contributed by atoms with Crippen LogP contribution in [0.3, 0.4) is 0 Å². The molecule has 0 fully saturated rings. The van der Waals surface area contributed by atoms with Crippen LogP contribution in [0, 0.1) is 0 Å². The Kier molecular flexibility index (Phi) is 6.94. The van der Waals surface area contributed by atoms with Gasteiger partial charge in [0, 0.05) is 22.9 Å². The van der Waals surface area contributed by atoms with Gasteiger partial charge in [-0.3, -0.25) is 23.7 Å². The van der Waals surface area contributed by atoms with Gasteiger partial charge >= 0.3 is 0 Å². The predicted octanol–water partition coefficient (Wildman–Crippen LogP) is 2.30. The summed E-state index contributed by atoms with van der Waals surface area (Å²) in [5.41, 5.74) is 11.3. The lowest BCUT2D eigenvalue weighted by Crippen LogP contribution is -2.26. The number of nitrogens with zero attached hydrogens (tertiary/aromatic N) is 2. The fourth-order valence-electron chi connectivity index (χ4n) is 3.11. The molecule has 3 amide bonds. The first-order valence-corrected chi connectivity index (χ1v) is 10.9. The molecule has 0 spiro atoms. The van der Waals surface area contributed by atoms with Gasteiger partial charge in [-0.1, -0.05) is 30.8 Å². The number of amides is 3. The topological polar surface area (TPSA) is 150 Å². The van der Waals surface area contributed by atoms with E-state index >= 15 is 0 Å². The summed E-state index contributed by atoms with van der Waals surface area (Å²) in [5, 5.41) is 3.58. The molecule has 1 heterocycles. The fraction of sp³-hybridized carbons (Fsp3) is 0.227. The number of thioether (sulfide) groups is 1. The number of hydrogen-bond acceptors (Lipinski definition) is 6. The third-order valence-electron chi connectivity index (χ3n) is 4.93. The van der Waals surface area contributed by atoms with E-state index in [1.165, 1.54) is 18.2 Å². The maximum atomic E-state index is 13.0. The Balaban J connectivity index is 1.86. The van der Waals surface area contributed by atoms with E-state index in [1.54, 1.807) is 28.8 Å². The number of aromatic nitrogens is 2. The van der Waals surface area contributed by atoms with Gasteiger partial charge in [-0.2, -0.15) is 0 Å². The number of anilines is 1. The number of nitrogens with two attached hydrogens (primary N) is 2. The Morgan fingerprint density at radius 2 is 1.72 bits per heavy atom. The maximum Gasteiger partial charge on any atom is 0.262 e. The number of carbonyl (C=O) groups excluding carboxylic acids is 3. The second-order valence-corrected chi connectivity index (χ2v) is 8.15. The number of fused-ring (bicyclic) bond motifs is 1. The van der Waals surface area contributed by atoms with Crippen LogP contribution in [-0.2, 0) is 4.79 Å². The molecule has 0 aliphatic carbocycles. The maximum absolute atomic E-state index is 13.0. The van der Waals surface area contributed by atoms with Gasteiger partial charge in [0.1, 0.15) is 0 Å². The molecule has 0 saturated heterocycles. The first-order valence-electron chi connectivity index (χ1n) is 9.89. The van der Waals surface area contributed by atoms with Crippen molar-refractivity contribution in [3.8, 4) is 0 Å². The number of primary amides is 2. The van der Waals surface area contributed by atoms with Gasteiger partial charge in [-0.15, -0.1) is 0 Å². The summed E-state index contributed by atoms with van der Waals surface area (Å²) in [7, 11) is 0. The van der Waals surface area contributed by atoms with Crippen molar-refractivity contribution < 1.29 is 14.4 Å². The lowest BCUT2D eigenvalue weighted by atomic mass is 10.1. The fourth-order valence-corrected chi connectivity index (χ4v) is 4.01. The number of hydrogen-bond donors (Lipinski definition) is 3. The quantitative estimate of drug-likeness (QED) is 0.352. The molecule has 3 rings (SSSR count). The smallest absolute Gasteiger partial charge is 0.262 e. The minimum Gasteiger partial charge on any atom is -0.366 e. The molecule has 0 unspecified atom stereocenters. The van der Waals surface area contributed by atoms with Crippen molar-refractivity contribution in [1.82, 2.24) is 9.55 Å². The van der Waals surface area contributed by atoms with Crippen LogP contribution in [0.1, 0.15) is 47.0 Å².